The zero-order chi connectivity index (χ0) is 10.3. The molecule has 6 heteroatoms. The molecule has 1 aliphatic rings. The molecule has 0 atom stereocenters. The molecular weight excluding hydrogens is 194 g/mol. The smallest absolute Gasteiger partial charge is 0.257 e. The summed E-state index contributed by atoms with van der Waals surface area (Å²) in [6.07, 6.45) is 4.83. The molecule has 2 aromatic rings. The van der Waals surface area contributed by atoms with Crippen LogP contribution in [-0.2, 0) is 6.54 Å². The number of hydrogen-bond donors (Lipinski definition) is 1. The normalized spacial score (nSPS) is 13.7. The largest absolute Gasteiger partial charge is 0.346 e. The van der Waals surface area contributed by atoms with Crippen LogP contribution in [0.2, 0.25) is 0 Å². The van der Waals surface area contributed by atoms with E-state index >= 15 is 0 Å². The number of carbonyl (C=O) groups excluding carboxylic acids is 1. The summed E-state index contributed by atoms with van der Waals surface area (Å²) in [5, 5.41) is 6.75. The van der Waals surface area contributed by atoms with Gasteiger partial charge in [-0.15, -0.1) is 0 Å². The molecule has 0 bridgehead atoms. The molecule has 0 fully saturated rings. The molecule has 0 radical (unpaired) electrons. The van der Waals surface area contributed by atoms with E-state index in [9.17, 15) is 4.79 Å². The molecule has 2 aromatic heterocycles. The molecule has 0 aliphatic carbocycles. The summed E-state index contributed by atoms with van der Waals surface area (Å²) in [4.78, 5) is 19.7. The van der Waals surface area contributed by atoms with E-state index in [1.807, 2.05) is 0 Å². The first-order valence-corrected chi connectivity index (χ1v) is 4.48. The van der Waals surface area contributed by atoms with Gasteiger partial charge in [-0.1, -0.05) is 0 Å². The highest BCUT2D eigenvalue weighted by molar-refractivity contribution is 6.00. The Bertz CT molecular complexity index is 519. The molecule has 6 nitrogen and oxygen atoms in total. The monoisotopic (exact) mass is 201 g/mol. The quantitative estimate of drug-likeness (QED) is 0.699. The molecule has 1 N–H and O–H groups in total. The summed E-state index contributed by atoms with van der Waals surface area (Å²) < 4.78 is 1.56. The fraction of sp³-hybridized carbons (Fsp3) is 0.111. The van der Waals surface area contributed by atoms with Crippen LogP contribution < -0.4 is 5.32 Å². The van der Waals surface area contributed by atoms with Gasteiger partial charge in [-0.25, -0.2) is 14.6 Å². The predicted octanol–water partition coefficient (Wildman–Crippen LogP) is -0.0943. The maximum absolute atomic E-state index is 11.5. The van der Waals surface area contributed by atoms with E-state index in [1.165, 1.54) is 6.33 Å². The molecule has 0 spiro atoms. The van der Waals surface area contributed by atoms with Gasteiger partial charge in [0.25, 0.3) is 5.91 Å². The summed E-state index contributed by atoms with van der Waals surface area (Å²) in [6, 6.07) is 1.78. The second-order valence-corrected chi connectivity index (χ2v) is 3.15. The summed E-state index contributed by atoms with van der Waals surface area (Å²) >= 11 is 0. The molecule has 0 saturated carbocycles. The van der Waals surface area contributed by atoms with Crippen LogP contribution in [0, 0.1) is 0 Å². The summed E-state index contributed by atoms with van der Waals surface area (Å²) in [6.45, 7) is 0.463. The lowest BCUT2D eigenvalue weighted by molar-refractivity contribution is 0.0965. The second-order valence-electron chi connectivity index (χ2n) is 3.15. The van der Waals surface area contributed by atoms with E-state index in [0.29, 0.717) is 17.9 Å². The molecule has 3 heterocycles. The van der Waals surface area contributed by atoms with Crippen LogP contribution in [0.1, 0.15) is 16.1 Å². The lowest BCUT2D eigenvalue weighted by Gasteiger charge is -2.03. The minimum absolute atomic E-state index is 0.142. The first-order chi connectivity index (χ1) is 7.36. The fourth-order valence-corrected chi connectivity index (χ4v) is 1.60. The average Bonchev–Trinajstić information content (AvgIpc) is 2.88. The Hall–Kier alpha value is -2.24. The van der Waals surface area contributed by atoms with Crippen LogP contribution in [0.5, 0.6) is 0 Å². The molecule has 0 unspecified atom stereocenters. The number of hydrogen-bond acceptors (Lipinski definition) is 4. The van der Waals surface area contributed by atoms with Crippen LogP contribution >= 0.6 is 0 Å². The SMILES string of the molecule is O=C1NCc2ncnc(-n3cccn3)c21. The van der Waals surface area contributed by atoms with Crippen LogP contribution in [0.25, 0.3) is 5.82 Å². The number of carbonyl (C=O) groups is 1. The van der Waals surface area contributed by atoms with E-state index in [-0.39, 0.29) is 5.91 Å². The Kier molecular flexibility index (Phi) is 1.55. The van der Waals surface area contributed by atoms with Crippen LogP contribution in [0.4, 0.5) is 0 Å². The lowest BCUT2D eigenvalue weighted by Crippen LogP contribution is -2.15. The van der Waals surface area contributed by atoms with Gasteiger partial charge < -0.3 is 5.32 Å². The molecular formula is C9H7N5O. The third-order valence-electron chi connectivity index (χ3n) is 2.27. The molecule has 3 rings (SSSR count). The highest BCUT2D eigenvalue weighted by atomic mass is 16.2. The predicted molar refractivity (Wildman–Crippen MR) is 50.3 cm³/mol. The van der Waals surface area contributed by atoms with E-state index in [4.69, 9.17) is 0 Å². The van der Waals surface area contributed by atoms with Crippen LogP contribution in [-0.4, -0.2) is 25.7 Å². The Morgan fingerprint density at radius 2 is 2.33 bits per heavy atom. The van der Waals surface area contributed by atoms with Crippen LogP contribution in [0.15, 0.2) is 24.8 Å². The summed E-state index contributed by atoms with van der Waals surface area (Å²) in [5.41, 5.74) is 1.24. The van der Waals surface area contributed by atoms with Crippen molar-refractivity contribution in [3.05, 3.63) is 36.0 Å². The number of aromatic nitrogens is 4. The van der Waals surface area contributed by atoms with Gasteiger partial charge in [-0.3, -0.25) is 4.79 Å². The van der Waals surface area contributed by atoms with Crippen molar-refractivity contribution >= 4 is 5.91 Å². The summed E-state index contributed by atoms with van der Waals surface area (Å²) in [7, 11) is 0. The van der Waals surface area contributed by atoms with E-state index in [0.717, 1.165) is 5.69 Å². The minimum Gasteiger partial charge on any atom is -0.346 e. The number of rotatable bonds is 1. The summed E-state index contributed by atoms with van der Waals surface area (Å²) in [5.74, 6) is 0.385. The molecule has 1 amide bonds. The zero-order valence-electron chi connectivity index (χ0n) is 7.71. The standard InChI is InChI=1S/C9H7N5O/c15-9-7-6(4-10-9)11-5-12-8(7)14-3-1-2-13-14/h1-3,5H,4H2,(H,10,15). The highest BCUT2D eigenvalue weighted by Gasteiger charge is 2.25. The van der Waals surface area contributed by atoms with Gasteiger partial charge in [0.15, 0.2) is 5.82 Å². The van der Waals surface area contributed by atoms with Crippen molar-refractivity contribution in [1.82, 2.24) is 25.1 Å². The number of nitrogens with one attached hydrogen (secondary N) is 1. The minimum atomic E-state index is -0.142. The third-order valence-corrected chi connectivity index (χ3v) is 2.27. The Labute approximate surface area is 85.0 Å². The van der Waals surface area contributed by atoms with Crippen molar-refractivity contribution < 1.29 is 4.79 Å². The van der Waals surface area contributed by atoms with E-state index in [2.05, 4.69) is 20.4 Å². The second kappa shape index (κ2) is 2.88. The van der Waals surface area contributed by atoms with Crippen molar-refractivity contribution in [2.75, 3.05) is 0 Å². The van der Waals surface area contributed by atoms with Crippen molar-refractivity contribution in [1.29, 1.82) is 0 Å². The van der Waals surface area contributed by atoms with Gasteiger partial charge in [0, 0.05) is 12.4 Å². The lowest BCUT2D eigenvalue weighted by atomic mass is 10.2. The zero-order valence-corrected chi connectivity index (χ0v) is 7.71. The number of fused-ring (bicyclic) bond motifs is 1. The fourth-order valence-electron chi connectivity index (χ4n) is 1.60. The maximum Gasteiger partial charge on any atom is 0.257 e. The van der Waals surface area contributed by atoms with Crippen molar-refractivity contribution in [2.24, 2.45) is 0 Å². The number of amides is 1. The number of nitrogens with zero attached hydrogens (tertiary/aromatic N) is 4. The molecule has 74 valence electrons. The van der Waals surface area contributed by atoms with Gasteiger partial charge in [0.05, 0.1) is 12.2 Å². The van der Waals surface area contributed by atoms with Crippen molar-refractivity contribution in [2.45, 2.75) is 6.54 Å². The molecule has 15 heavy (non-hydrogen) atoms. The third kappa shape index (κ3) is 1.11. The Morgan fingerprint density at radius 3 is 3.13 bits per heavy atom. The van der Waals surface area contributed by atoms with Gasteiger partial charge in [0.2, 0.25) is 0 Å². The first-order valence-electron chi connectivity index (χ1n) is 4.48. The average molecular weight is 201 g/mol. The molecule has 0 saturated heterocycles. The van der Waals surface area contributed by atoms with Crippen molar-refractivity contribution in [3.8, 4) is 5.82 Å². The van der Waals surface area contributed by atoms with E-state index in [1.54, 1.807) is 23.1 Å². The highest BCUT2D eigenvalue weighted by Crippen LogP contribution is 2.17. The maximum atomic E-state index is 11.5. The van der Waals surface area contributed by atoms with Crippen molar-refractivity contribution in [3.63, 3.8) is 0 Å². The van der Waals surface area contributed by atoms with Crippen LogP contribution in [0.3, 0.4) is 0 Å². The Balaban J connectivity index is 2.26. The molecule has 1 aliphatic heterocycles. The Morgan fingerprint density at radius 1 is 1.40 bits per heavy atom. The topological polar surface area (TPSA) is 72.7 Å². The van der Waals surface area contributed by atoms with E-state index < -0.39 is 0 Å². The first kappa shape index (κ1) is 8.10. The van der Waals surface area contributed by atoms with Gasteiger partial charge in [-0.2, -0.15) is 5.10 Å². The van der Waals surface area contributed by atoms with Gasteiger partial charge in [-0.05, 0) is 6.07 Å². The molecule has 0 aromatic carbocycles. The van der Waals surface area contributed by atoms with Gasteiger partial charge in [0.1, 0.15) is 11.9 Å². The van der Waals surface area contributed by atoms with Gasteiger partial charge >= 0.3 is 0 Å².